The van der Waals surface area contributed by atoms with Crippen molar-refractivity contribution >= 4 is 28.4 Å². The van der Waals surface area contributed by atoms with Crippen LogP contribution in [0.2, 0.25) is 0 Å². The molecule has 3 aromatic carbocycles. The fourth-order valence-corrected chi connectivity index (χ4v) is 4.48. The number of hydrogen-bond donors (Lipinski definition) is 2. The summed E-state index contributed by atoms with van der Waals surface area (Å²) in [6.07, 6.45) is -0.246. The first-order valence-corrected chi connectivity index (χ1v) is 11.5. The molecule has 0 atom stereocenters. The van der Waals surface area contributed by atoms with E-state index in [0.717, 1.165) is 66.1 Å². The zero-order valence-electron chi connectivity index (χ0n) is 18.9. The Hall–Kier alpha value is -4.13. The lowest BCUT2D eigenvalue weighted by Crippen LogP contribution is -2.47. The summed E-state index contributed by atoms with van der Waals surface area (Å²) >= 11 is 0. The summed E-state index contributed by atoms with van der Waals surface area (Å²) in [6.45, 7) is 3.80. The molecule has 1 aliphatic rings. The Labute approximate surface area is 198 Å². The lowest BCUT2D eigenvalue weighted by atomic mass is 10.0. The minimum atomic E-state index is -1.01. The maximum absolute atomic E-state index is 10.7. The molecule has 2 heterocycles. The van der Waals surface area contributed by atoms with Crippen LogP contribution < -0.4 is 15.1 Å². The summed E-state index contributed by atoms with van der Waals surface area (Å²) < 4.78 is 0. The third-order valence-electron chi connectivity index (χ3n) is 6.28. The monoisotopic (exact) mass is 453 g/mol. The molecular formula is C27H27N5O2. The van der Waals surface area contributed by atoms with E-state index in [1.54, 1.807) is 0 Å². The highest BCUT2D eigenvalue weighted by atomic mass is 16.4. The van der Waals surface area contributed by atoms with Crippen LogP contribution in [0.5, 0.6) is 0 Å². The maximum atomic E-state index is 10.7. The maximum Gasteiger partial charge on any atom is 0.404 e. The van der Waals surface area contributed by atoms with E-state index in [2.05, 4.69) is 86.0 Å². The van der Waals surface area contributed by atoms with Crippen molar-refractivity contribution in [3.05, 3.63) is 95.7 Å². The Balaban J connectivity index is 1.29. The third kappa shape index (κ3) is 4.78. The highest BCUT2D eigenvalue weighted by Crippen LogP contribution is 2.28. The zero-order valence-corrected chi connectivity index (χ0v) is 18.9. The molecule has 0 bridgehead atoms. The summed E-state index contributed by atoms with van der Waals surface area (Å²) in [5.41, 5.74) is 4.32. The van der Waals surface area contributed by atoms with Gasteiger partial charge in [-0.2, -0.15) is 5.10 Å². The van der Waals surface area contributed by atoms with Crippen molar-refractivity contribution in [2.24, 2.45) is 0 Å². The first kappa shape index (κ1) is 21.7. The fraction of sp³-hybridized carbons (Fsp3) is 0.222. The molecule has 0 aliphatic carbocycles. The minimum absolute atomic E-state index is 0.315. The molecule has 0 unspecified atom stereocenters. The van der Waals surface area contributed by atoms with Crippen LogP contribution in [0.4, 0.5) is 16.3 Å². The second-order valence-electron chi connectivity index (χ2n) is 8.48. The van der Waals surface area contributed by atoms with Crippen molar-refractivity contribution in [3.8, 4) is 0 Å². The molecule has 1 fully saturated rings. The predicted molar refractivity (Wildman–Crippen MR) is 135 cm³/mol. The molecule has 2 N–H and O–H groups in total. The third-order valence-corrected chi connectivity index (χ3v) is 6.28. The van der Waals surface area contributed by atoms with Gasteiger partial charge in [0.1, 0.15) is 0 Å². The van der Waals surface area contributed by atoms with E-state index in [0.29, 0.717) is 6.54 Å². The van der Waals surface area contributed by atoms with Gasteiger partial charge in [-0.15, -0.1) is 5.10 Å². The van der Waals surface area contributed by atoms with Crippen LogP contribution in [0.1, 0.15) is 16.8 Å². The van der Waals surface area contributed by atoms with Gasteiger partial charge in [-0.3, -0.25) is 0 Å². The number of benzene rings is 3. The SMILES string of the molecule is O=C(O)NCc1ccc(N2CCN(c3nnc(Cc4ccccc4)c4ccccc34)CC2)cc1. The van der Waals surface area contributed by atoms with Gasteiger partial charge in [0.2, 0.25) is 0 Å². The average molecular weight is 454 g/mol. The molecule has 1 aromatic heterocycles. The fourth-order valence-electron chi connectivity index (χ4n) is 4.48. The van der Waals surface area contributed by atoms with Crippen LogP contribution >= 0.6 is 0 Å². The Morgan fingerprint density at radius 2 is 1.41 bits per heavy atom. The summed E-state index contributed by atoms with van der Waals surface area (Å²) in [7, 11) is 0. The minimum Gasteiger partial charge on any atom is -0.465 e. The average Bonchev–Trinajstić information content (AvgIpc) is 2.89. The van der Waals surface area contributed by atoms with Crippen LogP contribution in [0.25, 0.3) is 10.8 Å². The molecule has 0 spiro atoms. The van der Waals surface area contributed by atoms with E-state index in [1.807, 2.05) is 18.2 Å². The van der Waals surface area contributed by atoms with Gasteiger partial charge in [0.15, 0.2) is 5.82 Å². The quantitative estimate of drug-likeness (QED) is 0.453. The summed E-state index contributed by atoms with van der Waals surface area (Å²) in [5.74, 6) is 0.946. The van der Waals surface area contributed by atoms with Crippen LogP contribution in [-0.2, 0) is 13.0 Å². The number of carbonyl (C=O) groups is 1. The van der Waals surface area contributed by atoms with Gasteiger partial charge in [-0.05, 0) is 23.3 Å². The number of piperazine rings is 1. The van der Waals surface area contributed by atoms with E-state index < -0.39 is 6.09 Å². The first-order valence-electron chi connectivity index (χ1n) is 11.5. The molecule has 7 nitrogen and oxygen atoms in total. The Morgan fingerprint density at radius 3 is 2.12 bits per heavy atom. The number of anilines is 2. The molecule has 172 valence electrons. The van der Waals surface area contributed by atoms with Gasteiger partial charge in [0, 0.05) is 55.6 Å². The lowest BCUT2D eigenvalue weighted by molar-refractivity contribution is 0.194. The first-order chi connectivity index (χ1) is 16.7. The second kappa shape index (κ2) is 9.79. The van der Waals surface area contributed by atoms with Gasteiger partial charge in [0.25, 0.3) is 0 Å². The number of rotatable bonds is 6. The van der Waals surface area contributed by atoms with E-state index in [-0.39, 0.29) is 0 Å². The standard InChI is InChI=1S/C27H27N5O2/c33-27(34)28-19-21-10-12-22(13-11-21)31-14-16-32(17-15-31)26-24-9-5-4-8-23(24)25(29-30-26)18-20-6-2-1-3-7-20/h1-13,28H,14-19H2,(H,33,34). The van der Waals surface area contributed by atoms with Gasteiger partial charge in [-0.25, -0.2) is 4.79 Å². The normalized spacial score (nSPS) is 13.8. The molecule has 0 radical (unpaired) electrons. The summed E-state index contributed by atoms with van der Waals surface area (Å²) in [5, 5.41) is 22.8. The van der Waals surface area contributed by atoms with Crippen molar-refractivity contribution < 1.29 is 9.90 Å². The number of nitrogens with one attached hydrogen (secondary N) is 1. The highest BCUT2D eigenvalue weighted by Gasteiger charge is 2.21. The largest absolute Gasteiger partial charge is 0.465 e. The number of amides is 1. The van der Waals surface area contributed by atoms with Gasteiger partial charge >= 0.3 is 6.09 Å². The predicted octanol–water partition coefficient (Wildman–Crippen LogP) is 4.31. The van der Waals surface area contributed by atoms with Crippen LogP contribution in [0.15, 0.2) is 78.9 Å². The molecule has 1 saturated heterocycles. The van der Waals surface area contributed by atoms with Crippen molar-refractivity contribution in [1.29, 1.82) is 0 Å². The Kier molecular flexibility index (Phi) is 6.25. The smallest absolute Gasteiger partial charge is 0.404 e. The molecule has 1 aliphatic heterocycles. The molecule has 5 rings (SSSR count). The van der Waals surface area contributed by atoms with E-state index in [4.69, 9.17) is 5.11 Å². The van der Waals surface area contributed by atoms with Gasteiger partial charge < -0.3 is 20.2 Å². The topological polar surface area (TPSA) is 81.6 Å². The number of carboxylic acid groups (broad SMARTS) is 1. The van der Waals surface area contributed by atoms with Gasteiger partial charge in [0.05, 0.1) is 5.69 Å². The molecule has 34 heavy (non-hydrogen) atoms. The van der Waals surface area contributed by atoms with Crippen molar-refractivity contribution in [3.63, 3.8) is 0 Å². The molecule has 0 saturated carbocycles. The van der Waals surface area contributed by atoms with Gasteiger partial charge in [-0.1, -0.05) is 66.7 Å². The summed E-state index contributed by atoms with van der Waals surface area (Å²) in [4.78, 5) is 15.4. The highest BCUT2D eigenvalue weighted by molar-refractivity contribution is 5.93. The van der Waals surface area contributed by atoms with Crippen molar-refractivity contribution in [1.82, 2.24) is 15.5 Å². The summed E-state index contributed by atoms with van der Waals surface area (Å²) in [6, 6.07) is 26.9. The van der Waals surface area contributed by atoms with Crippen LogP contribution in [0.3, 0.4) is 0 Å². The molecule has 1 amide bonds. The number of hydrogen-bond acceptors (Lipinski definition) is 5. The van der Waals surface area contributed by atoms with Crippen molar-refractivity contribution in [2.45, 2.75) is 13.0 Å². The molecular weight excluding hydrogens is 426 g/mol. The van der Waals surface area contributed by atoms with Crippen LogP contribution in [-0.4, -0.2) is 47.6 Å². The number of nitrogens with zero attached hydrogens (tertiary/aromatic N) is 4. The second-order valence-corrected chi connectivity index (χ2v) is 8.48. The van der Waals surface area contributed by atoms with Crippen molar-refractivity contribution in [2.75, 3.05) is 36.0 Å². The molecule has 4 aromatic rings. The Bertz CT molecular complexity index is 1270. The number of aromatic nitrogens is 2. The van der Waals surface area contributed by atoms with E-state index in [1.165, 1.54) is 5.56 Å². The van der Waals surface area contributed by atoms with E-state index >= 15 is 0 Å². The number of fused-ring (bicyclic) bond motifs is 1. The van der Waals surface area contributed by atoms with E-state index in [9.17, 15) is 4.79 Å². The molecule has 7 heteroatoms. The Morgan fingerprint density at radius 1 is 0.765 bits per heavy atom. The van der Waals surface area contributed by atoms with Crippen LogP contribution in [0, 0.1) is 0 Å². The zero-order chi connectivity index (χ0) is 23.3. The lowest BCUT2D eigenvalue weighted by Gasteiger charge is -2.37.